The zero-order valence-electron chi connectivity index (χ0n) is 20.1. The van der Waals surface area contributed by atoms with Crippen LogP contribution >= 0.6 is 0 Å². The van der Waals surface area contributed by atoms with Crippen molar-refractivity contribution in [2.24, 2.45) is 0 Å². The third-order valence-electron chi connectivity index (χ3n) is 5.59. The van der Waals surface area contributed by atoms with E-state index in [-0.39, 0.29) is 6.61 Å². The minimum Gasteiger partial charge on any atom is -0.466 e. The zero-order chi connectivity index (χ0) is 24.2. The van der Waals surface area contributed by atoms with Crippen LogP contribution in [0.5, 0.6) is 0 Å². The molecule has 0 bridgehead atoms. The van der Waals surface area contributed by atoms with E-state index in [1.54, 1.807) is 27.7 Å². The van der Waals surface area contributed by atoms with Crippen LogP contribution in [0.15, 0.2) is 42.1 Å². The maximum absolute atomic E-state index is 12.2. The Bertz CT molecular complexity index is 825. The number of carbonyl (C=O) groups is 1. The first-order valence-corrected chi connectivity index (χ1v) is 11.0. The Morgan fingerprint density at radius 3 is 2.42 bits per heavy atom. The Morgan fingerprint density at radius 2 is 1.85 bits per heavy atom. The summed E-state index contributed by atoms with van der Waals surface area (Å²) in [6, 6.07) is 9.74. The smallest absolute Gasteiger partial charge is 0.332 e. The second kappa shape index (κ2) is 10.5. The predicted molar refractivity (Wildman–Crippen MR) is 119 cm³/mol. The second-order valence-electron chi connectivity index (χ2n) is 9.04. The normalized spacial score (nSPS) is 28.3. The first kappa shape index (κ1) is 25.6. The summed E-state index contributed by atoms with van der Waals surface area (Å²) in [6.07, 6.45) is -2.63. The predicted octanol–water partition coefficient (Wildman–Crippen LogP) is 1.88. The van der Waals surface area contributed by atoms with E-state index in [0.29, 0.717) is 12.2 Å². The lowest BCUT2D eigenvalue weighted by Crippen LogP contribution is -2.51. The minimum absolute atomic E-state index is 0.215. The number of hydrogen-bond donors (Lipinski definition) is 2. The summed E-state index contributed by atoms with van der Waals surface area (Å²) in [5.74, 6) is -2.33. The van der Waals surface area contributed by atoms with Crippen molar-refractivity contribution in [1.29, 1.82) is 0 Å². The summed E-state index contributed by atoms with van der Waals surface area (Å²) >= 11 is 0. The number of carbonyl (C=O) groups excluding carboxylic acids is 1. The number of ether oxygens (including phenoxy) is 6. The van der Waals surface area contributed by atoms with Crippen LogP contribution in [0.1, 0.15) is 33.3 Å². The van der Waals surface area contributed by atoms with Crippen molar-refractivity contribution in [2.45, 2.75) is 76.3 Å². The van der Waals surface area contributed by atoms with Crippen molar-refractivity contribution in [3.8, 4) is 0 Å². The highest BCUT2D eigenvalue weighted by Crippen LogP contribution is 2.36. The molecule has 1 aromatic rings. The molecule has 33 heavy (non-hydrogen) atoms. The van der Waals surface area contributed by atoms with Gasteiger partial charge < -0.3 is 38.8 Å². The van der Waals surface area contributed by atoms with E-state index in [0.717, 1.165) is 5.56 Å². The van der Waals surface area contributed by atoms with Crippen molar-refractivity contribution in [3.05, 3.63) is 47.7 Å². The van der Waals surface area contributed by atoms with Crippen molar-refractivity contribution >= 4 is 5.97 Å². The molecule has 0 amide bonds. The molecule has 0 spiro atoms. The number of esters is 1. The van der Waals surface area contributed by atoms with E-state index in [4.69, 9.17) is 28.4 Å². The number of methoxy groups -OCH3 is 2. The molecule has 2 heterocycles. The number of hydrogen-bond acceptors (Lipinski definition) is 9. The lowest BCUT2D eigenvalue weighted by Gasteiger charge is -2.32. The molecule has 1 aromatic carbocycles. The molecular weight excluding hydrogens is 430 g/mol. The monoisotopic (exact) mass is 465 g/mol. The summed E-state index contributed by atoms with van der Waals surface area (Å²) in [5.41, 5.74) is 1.48. The average Bonchev–Trinajstić information content (AvgIpc) is 3.30. The van der Waals surface area contributed by atoms with Crippen LogP contribution in [0.3, 0.4) is 0 Å². The van der Waals surface area contributed by atoms with E-state index in [2.05, 4.69) is 5.32 Å². The molecule has 2 fully saturated rings. The van der Waals surface area contributed by atoms with Crippen LogP contribution < -0.4 is 5.32 Å². The Kier molecular flexibility index (Phi) is 8.15. The van der Waals surface area contributed by atoms with E-state index < -0.39 is 48.1 Å². The number of nitrogens with one attached hydrogen (secondary N) is 1. The molecule has 2 saturated heterocycles. The van der Waals surface area contributed by atoms with Crippen LogP contribution in [-0.2, 0) is 39.8 Å². The van der Waals surface area contributed by atoms with Crippen LogP contribution in [0, 0.1) is 0 Å². The van der Waals surface area contributed by atoms with E-state index >= 15 is 0 Å². The number of aliphatic hydroxyl groups is 1. The van der Waals surface area contributed by atoms with Gasteiger partial charge in [0.05, 0.1) is 19.4 Å². The van der Waals surface area contributed by atoms with Gasteiger partial charge in [-0.25, -0.2) is 4.79 Å². The summed E-state index contributed by atoms with van der Waals surface area (Å²) < 4.78 is 34.3. The van der Waals surface area contributed by atoms with Gasteiger partial charge in [0.25, 0.3) is 0 Å². The van der Waals surface area contributed by atoms with E-state index in [9.17, 15) is 9.90 Å². The maximum Gasteiger partial charge on any atom is 0.332 e. The second-order valence-corrected chi connectivity index (χ2v) is 9.04. The largest absolute Gasteiger partial charge is 0.466 e. The third kappa shape index (κ3) is 6.53. The molecule has 184 valence electrons. The van der Waals surface area contributed by atoms with Gasteiger partial charge in [-0.1, -0.05) is 30.3 Å². The van der Waals surface area contributed by atoms with Crippen LogP contribution in [0.25, 0.3) is 0 Å². The SMILES string of the molecule is COC(=O)/C=C(\NCc1ccccc1)[C@@H]1OC(C)(C)O[C@@H]1[C@@H](OC)[C@H](O)[C@H]1COC(C)(C)O1. The van der Waals surface area contributed by atoms with Crippen molar-refractivity contribution in [2.75, 3.05) is 20.8 Å². The van der Waals surface area contributed by atoms with Gasteiger partial charge in [0, 0.05) is 19.7 Å². The van der Waals surface area contributed by atoms with Gasteiger partial charge in [0.2, 0.25) is 0 Å². The lowest BCUT2D eigenvalue weighted by atomic mass is 9.97. The summed E-state index contributed by atoms with van der Waals surface area (Å²) in [7, 11) is 2.80. The molecular formula is C24H35NO8. The molecule has 0 saturated carbocycles. The van der Waals surface area contributed by atoms with E-state index in [1.807, 2.05) is 30.3 Å². The topological polar surface area (TPSA) is 105 Å². The van der Waals surface area contributed by atoms with Crippen LogP contribution in [0.4, 0.5) is 0 Å². The van der Waals surface area contributed by atoms with Gasteiger partial charge in [0.15, 0.2) is 11.6 Å². The molecule has 0 aliphatic carbocycles. The lowest BCUT2D eigenvalue weighted by molar-refractivity contribution is -0.188. The van der Waals surface area contributed by atoms with Crippen molar-refractivity contribution in [1.82, 2.24) is 5.32 Å². The fraction of sp³-hybridized carbons (Fsp3) is 0.625. The molecule has 3 rings (SSSR count). The van der Waals surface area contributed by atoms with Crippen molar-refractivity contribution < 1.29 is 38.3 Å². The highest BCUT2D eigenvalue weighted by molar-refractivity contribution is 5.82. The van der Waals surface area contributed by atoms with Gasteiger partial charge in [-0.15, -0.1) is 0 Å². The molecule has 9 nitrogen and oxygen atoms in total. The summed E-state index contributed by atoms with van der Waals surface area (Å²) in [5, 5.41) is 14.4. The summed E-state index contributed by atoms with van der Waals surface area (Å²) in [4.78, 5) is 12.2. The van der Waals surface area contributed by atoms with Gasteiger partial charge in [-0.05, 0) is 33.3 Å². The van der Waals surface area contributed by atoms with Crippen molar-refractivity contribution in [3.63, 3.8) is 0 Å². The highest BCUT2D eigenvalue weighted by Gasteiger charge is 2.52. The maximum atomic E-state index is 12.2. The zero-order valence-corrected chi connectivity index (χ0v) is 20.1. The average molecular weight is 466 g/mol. The molecule has 0 radical (unpaired) electrons. The van der Waals surface area contributed by atoms with Crippen LogP contribution in [-0.4, -0.2) is 74.0 Å². The Morgan fingerprint density at radius 1 is 1.15 bits per heavy atom. The Balaban J connectivity index is 1.86. The van der Waals surface area contributed by atoms with Gasteiger partial charge >= 0.3 is 5.97 Å². The molecule has 2 aliphatic heterocycles. The van der Waals surface area contributed by atoms with E-state index in [1.165, 1.54) is 20.3 Å². The quantitative estimate of drug-likeness (QED) is 0.418. The molecule has 0 aromatic heterocycles. The van der Waals surface area contributed by atoms with Gasteiger partial charge in [-0.2, -0.15) is 0 Å². The first-order valence-electron chi connectivity index (χ1n) is 11.0. The number of rotatable bonds is 9. The Hall–Kier alpha value is -2.01. The third-order valence-corrected chi connectivity index (χ3v) is 5.59. The molecule has 2 N–H and O–H groups in total. The highest BCUT2D eigenvalue weighted by atomic mass is 16.8. The Labute approximate surface area is 194 Å². The van der Waals surface area contributed by atoms with Gasteiger partial charge in [0.1, 0.15) is 30.5 Å². The number of aliphatic hydroxyl groups excluding tert-OH is 1. The number of benzene rings is 1. The van der Waals surface area contributed by atoms with Crippen LogP contribution in [0.2, 0.25) is 0 Å². The molecule has 9 heteroatoms. The summed E-state index contributed by atoms with van der Waals surface area (Å²) in [6.45, 7) is 7.77. The minimum atomic E-state index is -1.06. The molecule has 0 unspecified atom stereocenters. The first-order chi connectivity index (χ1) is 15.5. The molecule has 2 aliphatic rings. The standard InChI is InChI=1S/C24H35NO8/c1-23(2)30-14-17(31-23)19(27)21(29-6)22-20(32-24(3,4)33-22)16(12-18(26)28-5)25-13-15-10-8-7-9-11-15/h7-12,17,19-22,25,27H,13-14H2,1-6H3/b16-12-/t17-,19-,20+,21+,22+/m1/s1. The fourth-order valence-electron chi connectivity index (χ4n) is 4.05. The fourth-order valence-corrected chi connectivity index (χ4v) is 4.05. The van der Waals surface area contributed by atoms with Gasteiger partial charge in [-0.3, -0.25) is 0 Å². The molecule has 5 atom stereocenters.